The van der Waals surface area contributed by atoms with Gasteiger partial charge in [0.1, 0.15) is 5.82 Å². The summed E-state index contributed by atoms with van der Waals surface area (Å²) >= 11 is 0. The Hall–Kier alpha value is -3.41. The van der Waals surface area contributed by atoms with E-state index in [1.165, 1.54) is 12.1 Å². The number of dihydropyridines is 1. The molecular weight excluding hydrogens is 421 g/mol. The molecule has 0 aromatic heterocycles. The first-order valence-electron chi connectivity index (χ1n) is 11.2. The number of halogens is 1. The summed E-state index contributed by atoms with van der Waals surface area (Å²) in [5, 5.41) is 3.37. The van der Waals surface area contributed by atoms with Crippen LogP contribution in [0.4, 0.5) is 4.39 Å². The zero-order valence-corrected chi connectivity index (χ0v) is 19.5. The van der Waals surface area contributed by atoms with Gasteiger partial charge in [0.15, 0.2) is 0 Å². The van der Waals surface area contributed by atoms with E-state index in [0.29, 0.717) is 34.5 Å². The van der Waals surface area contributed by atoms with Crippen LogP contribution < -0.4 is 5.32 Å². The quantitative estimate of drug-likeness (QED) is 0.570. The molecule has 0 aliphatic carbocycles. The molecule has 3 rings (SSSR count). The van der Waals surface area contributed by atoms with E-state index >= 15 is 0 Å². The summed E-state index contributed by atoms with van der Waals surface area (Å²) in [6.07, 6.45) is 0.443. The third kappa shape index (κ3) is 5.51. The first kappa shape index (κ1) is 24.2. The van der Waals surface area contributed by atoms with E-state index in [0.717, 1.165) is 5.56 Å². The molecule has 0 fully saturated rings. The van der Waals surface area contributed by atoms with Crippen LogP contribution in [0.15, 0.2) is 77.1 Å². The average molecular weight is 452 g/mol. The van der Waals surface area contributed by atoms with Crippen molar-refractivity contribution in [2.45, 2.75) is 40.0 Å². The molecule has 0 bridgehead atoms. The van der Waals surface area contributed by atoms with Gasteiger partial charge in [-0.25, -0.2) is 14.0 Å². The number of nitrogens with one attached hydrogen (secondary N) is 1. The first-order valence-corrected chi connectivity index (χ1v) is 11.2. The van der Waals surface area contributed by atoms with Crippen molar-refractivity contribution in [1.29, 1.82) is 0 Å². The predicted octanol–water partition coefficient (Wildman–Crippen LogP) is 5.05. The van der Waals surface area contributed by atoms with Gasteiger partial charge in [0.05, 0.1) is 30.3 Å². The minimum absolute atomic E-state index is 0.0538. The van der Waals surface area contributed by atoms with Gasteiger partial charge >= 0.3 is 11.9 Å². The molecule has 5 nitrogen and oxygen atoms in total. The second-order valence-corrected chi connectivity index (χ2v) is 8.09. The molecule has 1 N–H and O–H groups in total. The molecule has 2 aromatic rings. The van der Waals surface area contributed by atoms with Crippen LogP contribution in [-0.4, -0.2) is 25.2 Å². The summed E-state index contributed by atoms with van der Waals surface area (Å²) in [6.45, 7) is 7.79. The molecule has 0 radical (unpaired) electrons. The van der Waals surface area contributed by atoms with Crippen LogP contribution in [0.3, 0.4) is 0 Å². The van der Waals surface area contributed by atoms with Crippen molar-refractivity contribution in [2.75, 3.05) is 13.2 Å². The van der Waals surface area contributed by atoms with Crippen molar-refractivity contribution < 1.29 is 23.5 Å². The monoisotopic (exact) mass is 451 g/mol. The second-order valence-electron chi connectivity index (χ2n) is 8.09. The van der Waals surface area contributed by atoms with Crippen molar-refractivity contribution in [3.8, 4) is 0 Å². The van der Waals surface area contributed by atoms with Gasteiger partial charge < -0.3 is 14.8 Å². The third-order valence-corrected chi connectivity index (χ3v) is 5.47. The molecule has 0 saturated carbocycles. The molecule has 1 heterocycles. The number of esters is 2. The van der Waals surface area contributed by atoms with E-state index in [2.05, 4.69) is 5.32 Å². The highest BCUT2D eigenvalue weighted by Crippen LogP contribution is 2.41. The smallest absolute Gasteiger partial charge is 0.336 e. The lowest BCUT2D eigenvalue weighted by atomic mass is 9.77. The lowest BCUT2D eigenvalue weighted by molar-refractivity contribution is -0.139. The highest BCUT2D eigenvalue weighted by molar-refractivity contribution is 6.00. The highest BCUT2D eigenvalue weighted by Gasteiger charge is 2.40. The maximum absolute atomic E-state index is 13.8. The van der Waals surface area contributed by atoms with E-state index in [1.54, 1.807) is 26.0 Å². The zero-order valence-electron chi connectivity index (χ0n) is 19.5. The molecule has 2 aromatic carbocycles. The molecule has 0 spiro atoms. The van der Waals surface area contributed by atoms with Gasteiger partial charge in [-0.05, 0) is 43.0 Å². The fraction of sp³-hybridized carbons (Fsp3) is 0.333. The average Bonchev–Trinajstić information content (AvgIpc) is 2.79. The predicted molar refractivity (Wildman–Crippen MR) is 125 cm³/mol. The third-order valence-electron chi connectivity index (χ3n) is 5.47. The molecule has 0 saturated heterocycles. The van der Waals surface area contributed by atoms with Crippen molar-refractivity contribution >= 4 is 11.9 Å². The second kappa shape index (κ2) is 10.9. The number of carbonyl (C=O) groups excluding carboxylic acids is 2. The topological polar surface area (TPSA) is 64.6 Å². The van der Waals surface area contributed by atoms with Gasteiger partial charge in [-0.15, -0.1) is 0 Å². The molecule has 0 amide bonds. The van der Waals surface area contributed by atoms with E-state index in [9.17, 15) is 14.0 Å². The number of benzene rings is 2. The van der Waals surface area contributed by atoms with Gasteiger partial charge in [0, 0.05) is 17.8 Å². The zero-order chi connectivity index (χ0) is 24.0. The fourth-order valence-corrected chi connectivity index (χ4v) is 4.04. The summed E-state index contributed by atoms with van der Waals surface area (Å²) in [5.74, 6) is -2.23. The number of allylic oxidation sites excluding steroid dienone is 2. The molecule has 1 unspecified atom stereocenters. The fourth-order valence-electron chi connectivity index (χ4n) is 4.04. The summed E-state index contributed by atoms with van der Waals surface area (Å²) in [7, 11) is 0. The Morgan fingerprint density at radius 2 is 1.48 bits per heavy atom. The normalized spacial score (nSPS) is 16.0. The summed E-state index contributed by atoms with van der Waals surface area (Å²) in [6, 6.07) is 15.6. The van der Waals surface area contributed by atoms with E-state index in [4.69, 9.17) is 9.47 Å². The summed E-state index contributed by atoms with van der Waals surface area (Å²) < 4.78 is 24.6. The molecule has 1 aliphatic heterocycles. The Kier molecular flexibility index (Phi) is 8.04. The Balaban J connectivity index is 2.27. The number of hydrogen-bond acceptors (Lipinski definition) is 5. The molecule has 6 heteroatoms. The van der Waals surface area contributed by atoms with Crippen LogP contribution in [-0.2, 0) is 25.5 Å². The van der Waals surface area contributed by atoms with Crippen molar-refractivity contribution in [1.82, 2.24) is 5.32 Å². The Morgan fingerprint density at radius 3 is 2.03 bits per heavy atom. The van der Waals surface area contributed by atoms with E-state index < -0.39 is 23.7 Å². The number of rotatable bonds is 8. The molecule has 1 atom stereocenters. The van der Waals surface area contributed by atoms with Crippen LogP contribution in [0, 0.1) is 11.7 Å². The largest absolute Gasteiger partial charge is 0.463 e. The maximum atomic E-state index is 13.8. The minimum atomic E-state index is -0.749. The van der Waals surface area contributed by atoms with Crippen molar-refractivity contribution in [3.63, 3.8) is 0 Å². The Morgan fingerprint density at radius 1 is 0.909 bits per heavy atom. The number of ether oxygens (including phenoxy) is 2. The molecule has 33 heavy (non-hydrogen) atoms. The van der Waals surface area contributed by atoms with Crippen LogP contribution in [0.1, 0.15) is 44.7 Å². The van der Waals surface area contributed by atoms with Crippen molar-refractivity contribution in [3.05, 3.63) is 94.1 Å². The number of hydrogen-bond donors (Lipinski definition) is 1. The Labute approximate surface area is 194 Å². The number of carbonyl (C=O) groups is 2. The summed E-state index contributed by atoms with van der Waals surface area (Å²) in [4.78, 5) is 26.5. The molecule has 1 aliphatic rings. The van der Waals surface area contributed by atoms with Gasteiger partial charge in [-0.1, -0.05) is 56.3 Å². The standard InChI is InChI=1S/C27H30FNO4/c1-5-32-26(30)23-21(16-18-10-8-7-9-11-18)29-25(17(3)4)24(27(31)33-6-2)22(23)19-12-14-20(28)15-13-19/h7-15,17,22,29H,5-6,16H2,1-4H3. The van der Waals surface area contributed by atoms with Crippen LogP contribution >= 0.6 is 0 Å². The highest BCUT2D eigenvalue weighted by atomic mass is 19.1. The SMILES string of the molecule is CCOC(=O)C1=C(Cc2ccccc2)NC(C(C)C)=C(C(=O)OCC)C1c1ccc(F)cc1. The van der Waals surface area contributed by atoms with Crippen LogP contribution in [0.25, 0.3) is 0 Å². The molecule has 174 valence electrons. The van der Waals surface area contributed by atoms with E-state index in [-0.39, 0.29) is 19.1 Å². The van der Waals surface area contributed by atoms with E-state index in [1.807, 2.05) is 44.2 Å². The molecular formula is C27H30FNO4. The summed E-state index contributed by atoms with van der Waals surface area (Å²) in [5.41, 5.74) is 3.64. The van der Waals surface area contributed by atoms with Gasteiger partial charge in [0.2, 0.25) is 0 Å². The van der Waals surface area contributed by atoms with Gasteiger partial charge in [-0.2, -0.15) is 0 Å². The van der Waals surface area contributed by atoms with Gasteiger partial charge in [-0.3, -0.25) is 0 Å². The Bertz CT molecular complexity index is 1060. The lowest BCUT2D eigenvalue weighted by Crippen LogP contribution is -2.36. The van der Waals surface area contributed by atoms with Crippen LogP contribution in [0.5, 0.6) is 0 Å². The lowest BCUT2D eigenvalue weighted by Gasteiger charge is -2.34. The first-order chi connectivity index (χ1) is 15.9. The van der Waals surface area contributed by atoms with Crippen LogP contribution in [0.2, 0.25) is 0 Å². The maximum Gasteiger partial charge on any atom is 0.336 e. The minimum Gasteiger partial charge on any atom is -0.463 e. The van der Waals surface area contributed by atoms with Gasteiger partial charge in [0.25, 0.3) is 0 Å². The van der Waals surface area contributed by atoms with Crippen molar-refractivity contribution in [2.24, 2.45) is 5.92 Å².